The molecule has 1 aliphatic heterocycles. The second kappa shape index (κ2) is 8.53. The number of alkyl halides is 6. The fourth-order valence-corrected chi connectivity index (χ4v) is 4.76. The number of amides is 1. The van der Waals surface area contributed by atoms with Crippen LogP contribution in [0, 0.1) is 6.92 Å². The van der Waals surface area contributed by atoms with Crippen LogP contribution in [-0.2, 0) is 12.4 Å². The van der Waals surface area contributed by atoms with Crippen molar-refractivity contribution in [3.05, 3.63) is 70.3 Å². The van der Waals surface area contributed by atoms with Crippen LogP contribution in [0.5, 0.6) is 0 Å². The minimum absolute atomic E-state index is 0.0310. The summed E-state index contributed by atoms with van der Waals surface area (Å²) in [5.41, 5.74) is -1.35. The van der Waals surface area contributed by atoms with Crippen molar-refractivity contribution < 1.29 is 31.1 Å². The summed E-state index contributed by atoms with van der Waals surface area (Å²) < 4.78 is 78.5. The normalized spacial score (nSPS) is 18.2. The average molecular weight is 447 g/mol. The summed E-state index contributed by atoms with van der Waals surface area (Å²) in [6.45, 7) is 2.48. The summed E-state index contributed by atoms with van der Waals surface area (Å²) in [4.78, 5) is 14.1. The van der Waals surface area contributed by atoms with Crippen LogP contribution in [0.4, 0.5) is 26.3 Å². The highest BCUT2D eigenvalue weighted by Gasteiger charge is 2.38. The van der Waals surface area contributed by atoms with E-state index >= 15 is 0 Å². The van der Waals surface area contributed by atoms with Crippen LogP contribution in [0.1, 0.15) is 44.3 Å². The predicted molar refractivity (Wildman–Crippen MR) is 103 cm³/mol. The Balaban J connectivity index is 1.85. The van der Waals surface area contributed by atoms with Crippen molar-refractivity contribution in [1.82, 2.24) is 4.90 Å². The minimum atomic E-state index is -4.99. The molecule has 1 unspecified atom stereocenters. The zero-order valence-corrected chi connectivity index (χ0v) is 16.8. The second-order valence-electron chi connectivity index (χ2n) is 7.09. The summed E-state index contributed by atoms with van der Waals surface area (Å²) in [6.07, 6.45) is -9.41. The lowest BCUT2D eigenvalue weighted by Crippen LogP contribution is -2.33. The quantitative estimate of drug-likeness (QED) is 0.500. The number of hydrogen-bond donors (Lipinski definition) is 0. The Morgan fingerprint density at radius 1 is 0.967 bits per heavy atom. The van der Waals surface area contributed by atoms with Crippen molar-refractivity contribution in [2.24, 2.45) is 0 Å². The number of carbonyl (C=O) groups is 1. The van der Waals surface area contributed by atoms with Gasteiger partial charge in [-0.05, 0) is 42.7 Å². The van der Waals surface area contributed by atoms with Crippen LogP contribution in [0.15, 0.2) is 42.5 Å². The van der Waals surface area contributed by atoms with Crippen LogP contribution in [0.3, 0.4) is 0 Å². The van der Waals surface area contributed by atoms with Crippen molar-refractivity contribution in [3.63, 3.8) is 0 Å². The van der Waals surface area contributed by atoms with Crippen LogP contribution in [-0.4, -0.2) is 29.6 Å². The van der Waals surface area contributed by atoms with Crippen molar-refractivity contribution >= 4 is 17.7 Å². The van der Waals surface area contributed by atoms with Gasteiger partial charge < -0.3 is 4.90 Å². The van der Waals surface area contributed by atoms with Crippen molar-refractivity contribution in [3.8, 4) is 0 Å². The van der Waals surface area contributed by atoms with E-state index in [0.29, 0.717) is 24.3 Å². The molecule has 2 aromatic rings. The minimum Gasteiger partial charge on any atom is -0.338 e. The maximum atomic E-state index is 13.1. The molecular weight excluding hydrogens is 428 g/mol. The Hall–Kier alpha value is -2.16. The van der Waals surface area contributed by atoms with Gasteiger partial charge in [0.2, 0.25) is 0 Å². The molecule has 30 heavy (non-hydrogen) atoms. The Morgan fingerprint density at radius 2 is 1.57 bits per heavy atom. The molecular formula is C21H19F6NOS. The topological polar surface area (TPSA) is 20.3 Å². The number of rotatable bonds is 2. The molecule has 9 heteroatoms. The molecule has 0 saturated carbocycles. The molecule has 0 aromatic heterocycles. The second-order valence-corrected chi connectivity index (χ2v) is 8.40. The molecule has 1 fully saturated rings. The van der Waals surface area contributed by atoms with Gasteiger partial charge in [0.05, 0.1) is 11.1 Å². The Morgan fingerprint density at radius 3 is 2.13 bits per heavy atom. The molecule has 2 aromatic carbocycles. The first kappa shape index (κ1) is 22.5. The third-order valence-corrected chi connectivity index (χ3v) is 6.31. The number of carbonyl (C=O) groups excluding carboxylic acids is 1. The Labute approximate surface area is 174 Å². The van der Waals surface area contributed by atoms with Gasteiger partial charge in [-0.15, -0.1) is 0 Å². The van der Waals surface area contributed by atoms with Crippen molar-refractivity contribution in [2.75, 3.05) is 18.8 Å². The van der Waals surface area contributed by atoms with Gasteiger partial charge in [0.15, 0.2) is 0 Å². The first-order chi connectivity index (χ1) is 14.0. The molecule has 0 aliphatic carbocycles. The third kappa shape index (κ3) is 5.11. The molecule has 3 rings (SSSR count). The molecule has 162 valence electrons. The summed E-state index contributed by atoms with van der Waals surface area (Å²) in [5, 5.41) is 0.108. The molecule has 1 atom stereocenters. The fraction of sp³-hybridized carbons (Fsp3) is 0.381. The molecule has 1 saturated heterocycles. The van der Waals surface area contributed by atoms with Gasteiger partial charge in [-0.25, -0.2) is 0 Å². The fourth-order valence-electron chi connectivity index (χ4n) is 3.43. The largest absolute Gasteiger partial charge is 0.416 e. The number of benzene rings is 2. The maximum Gasteiger partial charge on any atom is 0.416 e. The lowest BCUT2D eigenvalue weighted by Gasteiger charge is -2.22. The van der Waals surface area contributed by atoms with Gasteiger partial charge in [-0.2, -0.15) is 38.1 Å². The molecule has 1 amide bonds. The molecule has 0 N–H and O–H groups in total. The van der Waals surface area contributed by atoms with Crippen molar-refractivity contribution in [1.29, 1.82) is 0 Å². The third-order valence-electron chi connectivity index (χ3n) is 5.00. The molecule has 2 nitrogen and oxygen atoms in total. The maximum absolute atomic E-state index is 13.1. The average Bonchev–Trinajstić information content (AvgIpc) is 2.92. The van der Waals surface area contributed by atoms with Gasteiger partial charge in [0, 0.05) is 29.7 Å². The van der Waals surface area contributed by atoms with E-state index in [4.69, 9.17) is 0 Å². The molecule has 0 bridgehead atoms. The number of thioether (sulfide) groups is 1. The van der Waals surface area contributed by atoms with E-state index in [1.54, 1.807) is 11.8 Å². The van der Waals surface area contributed by atoms with E-state index in [1.807, 2.05) is 31.2 Å². The first-order valence-corrected chi connectivity index (χ1v) is 10.3. The van der Waals surface area contributed by atoms with Gasteiger partial charge in [-0.3, -0.25) is 4.79 Å². The van der Waals surface area contributed by atoms with Crippen LogP contribution in [0.25, 0.3) is 0 Å². The van der Waals surface area contributed by atoms with E-state index in [0.717, 1.165) is 11.1 Å². The van der Waals surface area contributed by atoms with Crippen LogP contribution in [0.2, 0.25) is 0 Å². The van der Waals surface area contributed by atoms with Crippen LogP contribution < -0.4 is 0 Å². The number of nitrogens with zero attached hydrogens (tertiary/aromatic N) is 1. The zero-order valence-electron chi connectivity index (χ0n) is 16.0. The highest BCUT2D eigenvalue weighted by molar-refractivity contribution is 7.99. The zero-order chi connectivity index (χ0) is 22.1. The van der Waals surface area contributed by atoms with E-state index in [9.17, 15) is 31.1 Å². The molecule has 0 spiro atoms. The van der Waals surface area contributed by atoms with E-state index in [1.165, 1.54) is 4.90 Å². The summed E-state index contributed by atoms with van der Waals surface area (Å²) in [6, 6.07) is 8.82. The van der Waals surface area contributed by atoms with Crippen molar-refractivity contribution in [2.45, 2.75) is 30.9 Å². The van der Waals surface area contributed by atoms with E-state index in [-0.39, 0.29) is 24.4 Å². The molecule has 1 heterocycles. The predicted octanol–water partition coefficient (Wildman–Crippen LogP) is 6.35. The number of halogens is 6. The SMILES string of the molecule is Cc1ccccc1C1CCN(C(=O)c2cc(C(F)(F)F)cc(C(F)(F)F)c2)CCS1. The first-order valence-electron chi connectivity index (χ1n) is 9.22. The summed E-state index contributed by atoms with van der Waals surface area (Å²) >= 11 is 1.63. The highest BCUT2D eigenvalue weighted by atomic mass is 32.2. The van der Waals surface area contributed by atoms with Gasteiger partial charge in [0.25, 0.3) is 5.91 Å². The Kier molecular flexibility index (Phi) is 6.40. The van der Waals surface area contributed by atoms with Crippen LogP contribution >= 0.6 is 11.8 Å². The number of aryl methyl sites for hydroxylation is 1. The molecule has 0 radical (unpaired) electrons. The summed E-state index contributed by atoms with van der Waals surface area (Å²) in [5.74, 6) is -0.284. The van der Waals surface area contributed by atoms with Gasteiger partial charge in [0.1, 0.15) is 0 Å². The smallest absolute Gasteiger partial charge is 0.338 e. The molecule has 1 aliphatic rings. The van der Waals surface area contributed by atoms with E-state index < -0.39 is 35.0 Å². The lowest BCUT2D eigenvalue weighted by atomic mass is 10.0. The van der Waals surface area contributed by atoms with Gasteiger partial charge in [-0.1, -0.05) is 24.3 Å². The highest BCUT2D eigenvalue weighted by Crippen LogP contribution is 2.38. The monoisotopic (exact) mass is 447 g/mol. The van der Waals surface area contributed by atoms with E-state index in [2.05, 4.69) is 0 Å². The summed E-state index contributed by atoms with van der Waals surface area (Å²) in [7, 11) is 0. The van der Waals surface area contributed by atoms with Gasteiger partial charge >= 0.3 is 12.4 Å². The Bertz CT molecular complexity index is 892. The number of hydrogen-bond acceptors (Lipinski definition) is 2. The standard InChI is InChI=1S/C21H19F6NOS/c1-13-4-2-3-5-17(13)18-6-7-28(8-9-30-18)19(29)14-10-15(20(22,23)24)12-16(11-14)21(25,26)27/h2-5,10-12,18H,6-9H2,1H3. The lowest BCUT2D eigenvalue weighted by molar-refractivity contribution is -0.143.